The summed E-state index contributed by atoms with van der Waals surface area (Å²) < 4.78 is 5.09. The molecule has 1 saturated heterocycles. The van der Waals surface area contributed by atoms with Gasteiger partial charge < -0.3 is 9.84 Å². The molecule has 0 bridgehead atoms. The minimum atomic E-state index is -1.03. The number of carbonyl (C=O) groups is 2. The van der Waals surface area contributed by atoms with Crippen molar-refractivity contribution in [2.45, 2.75) is 0 Å². The largest absolute Gasteiger partial charge is 0.482 e. The van der Waals surface area contributed by atoms with Crippen molar-refractivity contribution in [1.29, 1.82) is 0 Å². The highest BCUT2D eigenvalue weighted by molar-refractivity contribution is 8.18. The number of rotatable bonds is 5. The summed E-state index contributed by atoms with van der Waals surface area (Å²) in [5, 5.41) is 9.23. The monoisotopic (exact) mass is 368 g/mol. The number of nitrogens with zero attached hydrogens (tertiary/aromatic N) is 2. The molecule has 7 heteroatoms. The van der Waals surface area contributed by atoms with Gasteiger partial charge >= 0.3 is 5.97 Å². The Morgan fingerprint density at radius 1 is 1.19 bits per heavy atom. The smallest absolute Gasteiger partial charge is 0.341 e. The van der Waals surface area contributed by atoms with Crippen LogP contribution in [0.5, 0.6) is 5.75 Å². The molecule has 0 spiro atoms. The van der Waals surface area contributed by atoms with Gasteiger partial charge in [-0.2, -0.15) is 0 Å². The third-order valence-corrected chi connectivity index (χ3v) is 4.58. The molecule has 1 aliphatic rings. The van der Waals surface area contributed by atoms with E-state index in [2.05, 4.69) is 4.99 Å². The normalized spacial score (nSPS) is 17.1. The van der Waals surface area contributed by atoms with Gasteiger partial charge in [0.15, 0.2) is 11.8 Å². The van der Waals surface area contributed by atoms with Gasteiger partial charge in [0.25, 0.3) is 5.91 Å². The summed E-state index contributed by atoms with van der Waals surface area (Å²) in [4.78, 5) is 29.5. The lowest BCUT2D eigenvalue weighted by molar-refractivity contribution is -0.139. The second-order valence-corrected chi connectivity index (χ2v) is 6.47. The third-order valence-electron chi connectivity index (χ3n) is 3.52. The number of aliphatic carboxylic acids is 1. The number of carboxylic acids is 1. The number of hydrogen-bond donors (Lipinski definition) is 1. The summed E-state index contributed by atoms with van der Waals surface area (Å²) in [5.41, 5.74) is 1.61. The van der Waals surface area contributed by atoms with Gasteiger partial charge in [-0.05, 0) is 47.7 Å². The number of likely N-dealkylation sites (N-methyl/N-ethyl adjacent to an activating group) is 1. The standard InChI is InChI=1S/C19H16N2O4S/c1-21-18(24)16(26-19(21)20-14-5-3-2-4-6-14)11-13-7-9-15(10-8-13)25-12-17(22)23/h2-11H,12H2,1H3,(H,22,23). The van der Waals surface area contributed by atoms with Crippen molar-refractivity contribution in [1.82, 2.24) is 4.90 Å². The molecule has 1 N–H and O–H groups in total. The average molecular weight is 368 g/mol. The molecule has 0 saturated carbocycles. The summed E-state index contributed by atoms with van der Waals surface area (Å²) in [7, 11) is 1.70. The van der Waals surface area contributed by atoms with Crippen molar-refractivity contribution in [3.05, 3.63) is 65.1 Å². The molecular weight excluding hydrogens is 352 g/mol. The lowest BCUT2D eigenvalue weighted by Crippen LogP contribution is -2.23. The number of hydrogen-bond acceptors (Lipinski definition) is 5. The van der Waals surface area contributed by atoms with E-state index >= 15 is 0 Å². The lowest BCUT2D eigenvalue weighted by atomic mass is 10.2. The molecule has 0 atom stereocenters. The molecule has 132 valence electrons. The van der Waals surface area contributed by atoms with Crippen molar-refractivity contribution in [2.24, 2.45) is 4.99 Å². The number of carboxylic acid groups (broad SMARTS) is 1. The average Bonchev–Trinajstić information content (AvgIpc) is 2.90. The fourth-order valence-electron chi connectivity index (χ4n) is 2.22. The maximum Gasteiger partial charge on any atom is 0.341 e. The highest BCUT2D eigenvalue weighted by atomic mass is 32.2. The van der Waals surface area contributed by atoms with Crippen LogP contribution in [0.1, 0.15) is 5.56 Å². The predicted molar refractivity (Wildman–Crippen MR) is 101 cm³/mol. The zero-order chi connectivity index (χ0) is 18.5. The molecule has 2 aromatic carbocycles. The number of carbonyl (C=O) groups excluding carboxylic acids is 1. The summed E-state index contributed by atoms with van der Waals surface area (Å²) in [6.07, 6.45) is 1.78. The number of amidine groups is 1. The van der Waals surface area contributed by atoms with Crippen molar-refractivity contribution in [3.63, 3.8) is 0 Å². The zero-order valence-corrected chi connectivity index (χ0v) is 14.8. The Morgan fingerprint density at radius 3 is 2.54 bits per heavy atom. The van der Waals surface area contributed by atoms with Gasteiger partial charge in [-0.1, -0.05) is 30.3 Å². The Hall–Kier alpha value is -3.06. The molecule has 1 amide bonds. The van der Waals surface area contributed by atoms with Crippen LogP contribution in [0.15, 0.2) is 64.5 Å². The van der Waals surface area contributed by atoms with Gasteiger partial charge in [0.1, 0.15) is 5.75 Å². The minimum absolute atomic E-state index is 0.115. The van der Waals surface area contributed by atoms with Crippen LogP contribution >= 0.6 is 11.8 Å². The van der Waals surface area contributed by atoms with Crippen LogP contribution in [0, 0.1) is 0 Å². The fourth-order valence-corrected chi connectivity index (χ4v) is 3.21. The first-order valence-electron chi connectivity index (χ1n) is 7.79. The number of amides is 1. The van der Waals surface area contributed by atoms with E-state index in [9.17, 15) is 9.59 Å². The van der Waals surface area contributed by atoms with Crippen LogP contribution in [0.2, 0.25) is 0 Å². The van der Waals surface area contributed by atoms with Gasteiger partial charge in [0.05, 0.1) is 10.6 Å². The number of thioether (sulfide) groups is 1. The van der Waals surface area contributed by atoms with Crippen molar-refractivity contribution in [3.8, 4) is 5.75 Å². The van der Waals surface area contributed by atoms with Gasteiger partial charge in [0, 0.05) is 7.05 Å². The first-order valence-corrected chi connectivity index (χ1v) is 8.60. The molecule has 26 heavy (non-hydrogen) atoms. The maximum absolute atomic E-state index is 12.4. The number of ether oxygens (including phenoxy) is 1. The Morgan fingerprint density at radius 2 is 1.88 bits per heavy atom. The maximum atomic E-state index is 12.4. The number of para-hydroxylation sites is 1. The van der Waals surface area contributed by atoms with Crippen LogP contribution in [-0.2, 0) is 9.59 Å². The van der Waals surface area contributed by atoms with Crippen LogP contribution in [0.4, 0.5) is 5.69 Å². The molecule has 6 nitrogen and oxygen atoms in total. The Bertz CT molecular complexity index is 876. The highest BCUT2D eigenvalue weighted by Crippen LogP contribution is 2.33. The van der Waals surface area contributed by atoms with E-state index in [0.29, 0.717) is 15.8 Å². The molecule has 3 rings (SSSR count). The van der Waals surface area contributed by atoms with Gasteiger partial charge in [0.2, 0.25) is 0 Å². The summed E-state index contributed by atoms with van der Waals surface area (Å²) in [5.74, 6) is -0.684. The second kappa shape index (κ2) is 7.88. The minimum Gasteiger partial charge on any atom is -0.482 e. The van der Waals surface area contributed by atoms with Crippen LogP contribution in [0.25, 0.3) is 6.08 Å². The first-order chi connectivity index (χ1) is 12.5. The Balaban J connectivity index is 1.75. The summed E-state index contributed by atoms with van der Waals surface area (Å²) in [6, 6.07) is 16.3. The van der Waals surface area contributed by atoms with Crippen LogP contribution in [0.3, 0.4) is 0 Å². The topological polar surface area (TPSA) is 79.2 Å². The molecule has 0 unspecified atom stereocenters. The second-order valence-electron chi connectivity index (χ2n) is 5.46. The van der Waals surface area contributed by atoms with Crippen molar-refractivity contribution >= 4 is 40.6 Å². The molecule has 2 aromatic rings. The van der Waals surface area contributed by atoms with Crippen molar-refractivity contribution in [2.75, 3.05) is 13.7 Å². The van der Waals surface area contributed by atoms with E-state index < -0.39 is 12.6 Å². The van der Waals surface area contributed by atoms with Gasteiger partial charge in [-0.15, -0.1) is 0 Å². The molecule has 1 aliphatic heterocycles. The van der Waals surface area contributed by atoms with E-state index in [0.717, 1.165) is 11.3 Å². The molecule has 0 radical (unpaired) electrons. The van der Waals surface area contributed by atoms with Crippen LogP contribution in [-0.4, -0.2) is 40.7 Å². The molecule has 1 fully saturated rings. The molecular formula is C19H16N2O4S. The SMILES string of the molecule is CN1C(=O)C(=Cc2ccc(OCC(=O)O)cc2)SC1=Nc1ccccc1. The summed E-state index contributed by atoms with van der Waals surface area (Å²) in [6.45, 7) is -0.390. The quantitative estimate of drug-likeness (QED) is 0.819. The predicted octanol–water partition coefficient (Wildman–Crippen LogP) is 3.38. The Labute approximate surface area is 154 Å². The Kier molecular flexibility index (Phi) is 5.38. The highest BCUT2D eigenvalue weighted by Gasteiger charge is 2.30. The van der Waals surface area contributed by atoms with E-state index in [1.54, 1.807) is 37.4 Å². The third kappa shape index (κ3) is 4.31. The summed E-state index contributed by atoms with van der Waals surface area (Å²) >= 11 is 1.31. The van der Waals surface area contributed by atoms with E-state index in [4.69, 9.17) is 9.84 Å². The fraction of sp³-hybridized carbons (Fsp3) is 0.105. The van der Waals surface area contributed by atoms with E-state index in [-0.39, 0.29) is 5.91 Å². The lowest BCUT2D eigenvalue weighted by Gasteiger charge is -2.06. The molecule has 1 heterocycles. The van der Waals surface area contributed by atoms with Crippen LogP contribution < -0.4 is 4.74 Å². The van der Waals surface area contributed by atoms with E-state index in [1.807, 2.05) is 30.3 Å². The molecule has 0 aromatic heterocycles. The van der Waals surface area contributed by atoms with E-state index in [1.165, 1.54) is 16.7 Å². The number of aliphatic imine (C=N–C) groups is 1. The number of benzene rings is 2. The molecule has 0 aliphatic carbocycles. The van der Waals surface area contributed by atoms with Gasteiger partial charge in [-0.25, -0.2) is 9.79 Å². The van der Waals surface area contributed by atoms with Crippen molar-refractivity contribution < 1.29 is 19.4 Å². The zero-order valence-electron chi connectivity index (χ0n) is 14.0. The first kappa shape index (κ1) is 17.8. The van der Waals surface area contributed by atoms with Gasteiger partial charge in [-0.3, -0.25) is 9.69 Å².